The zero-order valence-electron chi connectivity index (χ0n) is 21.8. The summed E-state index contributed by atoms with van der Waals surface area (Å²) in [5.74, 6) is 1.85. The molecule has 0 radical (unpaired) electrons. The Morgan fingerprint density at radius 3 is 2.11 bits per heavy atom. The van der Waals surface area contributed by atoms with E-state index in [0.29, 0.717) is 13.2 Å². The van der Waals surface area contributed by atoms with Crippen LogP contribution < -0.4 is 9.47 Å². The molecule has 0 bridgehead atoms. The predicted molar refractivity (Wildman–Crippen MR) is 150 cm³/mol. The van der Waals surface area contributed by atoms with Gasteiger partial charge in [-0.2, -0.15) is 0 Å². The summed E-state index contributed by atoms with van der Waals surface area (Å²) < 4.78 is 14.4. The van der Waals surface area contributed by atoms with Gasteiger partial charge >= 0.3 is 0 Å². The lowest BCUT2D eigenvalue weighted by molar-refractivity contribution is 0.301. The van der Waals surface area contributed by atoms with E-state index in [2.05, 4.69) is 91.2 Å². The van der Waals surface area contributed by atoms with Crippen LogP contribution in [0.15, 0.2) is 91.0 Å². The minimum absolute atomic E-state index is 0.581. The second-order valence-corrected chi connectivity index (χ2v) is 9.47. The van der Waals surface area contributed by atoms with Gasteiger partial charge in [0.1, 0.15) is 18.1 Å². The first-order valence-corrected chi connectivity index (χ1v) is 13.4. The van der Waals surface area contributed by atoms with Crippen LogP contribution in [0, 0.1) is 6.92 Å². The summed E-state index contributed by atoms with van der Waals surface area (Å²) in [6.07, 6.45) is 7.33. The molecule has 0 spiro atoms. The van der Waals surface area contributed by atoms with E-state index in [1.54, 1.807) is 0 Å². The molecule has 36 heavy (non-hydrogen) atoms. The van der Waals surface area contributed by atoms with Crippen LogP contribution in [0.4, 0.5) is 0 Å². The number of benzene rings is 3. The number of ether oxygens (including phenoxy) is 2. The Kier molecular flexibility index (Phi) is 9.67. The van der Waals surface area contributed by atoms with E-state index < -0.39 is 0 Å². The smallest absolute Gasteiger partial charge is 0.119 e. The van der Waals surface area contributed by atoms with Crippen molar-refractivity contribution >= 4 is 0 Å². The van der Waals surface area contributed by atoms with Crippen LogP contribution in [0.5, 0.6) is 11.5 Å². The zero-order chi connectivity index (χ0) is 25.0. The standard InChI is InChI=1S/C33H39NO2/c1-3-4-5-7-11-28-15-19-31(20-16-28)35-25-10-24-34-27(2)14-23-33(34)30-17-21-32(22-18-30)36-26-29-12-8-6-9-13-29/h6,8-9,12-23H,3-5,7,10-11,24-26H2,1-2H3. The highest BCUT2D eigenvalue weighted by molar-refractivity contribution is 5.62. The van der Waals surface area contributed by atoms with Gasteiger partial charge in [0.2, 0.25) is 0 Å². The van der Waals surface area contributed by atoms with Crippen LogP contribution >= 0.6 is 0 Å². The summed E-state index contributed by atoms with van der Waals surface area (Å²) in [6.45, 7) is 6.64. The Morgan fingerprint density at radius 1 is 0.639 bits per heavy atom. The lowest BCUT2D eigenvalue weighted by Crippen LogP contribution is -2.07. The summed E-state index contributed by atoms with van der Waals surface area (Å²) in [5, 5.41) is 0. The Hall–Kier alpha value is -3.46. The lowest BCUT2D eigenvalue weighted by Gasteiger charge is -2.13. The molecule has 4 aromatic rings. The van der Waals surface area contributed by atoms with Crippen molar-refractivity contribution in [2.24, 2.45) is 0 Å². The largest absolute Gasteiger partial charge is 0.494 e. The minimum Gasteiger partial charge on any atom is -0.494 e. The lowest BCUT2D eigenvalue weighted by atomic mass is 10.1. The summed E-state index contributed by atoms with van der Waals surface area (Å²) >= 11 is 0. The Balaban J connectivity index is 1.25. The predicted octanol–water partition coefficient (Wildman–Crippen LogP) is 8.63. The van der Waals surface area contributed by atoms with E-state index in [1.807, 2.05) is 18.2 Å². The van der Waals surface area contributed by atoms with Crippen LogP contribution in [0.3, 0.4) is 0 Å². The first-order chi connectivity index (χ1) is 17.7. The fourth-order valence-electron chi connectivity index (χ4n) is 4.50. The van der Waals surface area contributed by atoms with Crippen molar-refractivity contribution in [3.63, 3.8) is 0 Å². The third kappa shape index (κ3) is 7.52. The molecule has 0 unspecified atom stereocenters. The molecule has 0 amide bonds. The number of rotatable bonds is 14. The van der Waals surface area contributed by atoms with Gasteiger partial charge in [0.25, 0.3) is 0 Å². The van der Waals surface area contributed by atoms with Gasteiger partial charge in [-0.25, -0.2) is 0 Å². The molecule has 0 N–H and O–H groups in total. The minimum atomic E-state index is 0.581. The van der Waals surface area contributed by atoms with Crippen molar-refractivity contribution in [1.82, 2.24) is 4.57 Å². The van der Waals surface area contributed by atoms with Gasteiger partial charge in [0.15, 0.2) is 0 Å². The second-order valence-electron chi connectivity index (χ2n) is 9.47. The normalized spacial score (nSPS) is 10.9. The van der Waals surface area contributed by atoms with Gasteiger partial charge in [-0.1, -0.05) is 68.7 Å². The van der Waals surface area contributed by atoms with Gasteiger partial charge in [0.05, 0.1) is 6.61 Å². The van der Waals surface area contributed by atoms with E-state index in [4.69, 9.17) is 9.47 Å². The van der Waals surface area contributed by atoms with Crippen LogP contribution in [-0.4, -0.2) is 11.2 Å². The number of unbranched alkanes of at least 4 members (excludes halogenated alkanes) is 3. The second kappa shape index (κ2) is 13.6. The van der Waals surface area contributed by atoms with Crippen molar-refractivity contribution in [1.29, 1.82) is 0 Å². The van der Waals surface area contributed by atoms with Crippen molar-refractivity contribution in [2.75, 3.05) is 6.61 Å². The molecular formula is C33H39NO2. The van der Waals surface area contributed by atoms with E-state index >= 15 is 0 Å². The monoisotopic (exact) mass is 481 g/mol. The first-order valence-electron chi connectivity index (χ1n) is 13.4. The molecule has 1 aromatic heterocycles. The highest BCUT2D eigenvalue weighted by Crippen LogP contribution is 2.26. The molecule has 0 fully saturated rings. The number of hydrogen-bond acceptors (Lipinski definition) is 2. The molecule has 0 aliphatic rings. The third-order valence-corrected chi connectivity index (χ3v) is 6.63. The molecule has 4 rings (SSSR count). The molecule has 0 aliphatic carbocycles. The molecule has 188 valence electrons. The van der Waals surface area contributed by atoms with Gasteiger partial charge in [-0.05, 0) is 91.4 Å². The summed E-state index contributed by atoms with van der Waals surface area (Å²) in [7, 11) is 0. The van der Waals surface area contributed by atoms with Gasteiger partial charge in [-0.3, -0.25) is 0 Å². The summed E-state index contributed by atoms with van der Waals surface area (Å²) in [4.78, 5) is 0. The van der Waals surface area contributed by atoms with Crippen LogP contribution in [0.2, 0.25) is 0 Å². The van der Waals surface area contributed by atoms with Crippen LogP contribution in [0.1, 0.15) is 55.8 Å². The Bertz CT molecular complexity index is 1160. The van der Waals surface area contributed by atoms with Crippen LogP contribution in [-0.2, 0) is 19.6 Å². The number of nitrogens with zero attached hydrogens (tertiary/aromatic N) is 1. The molecule has 3 aromatic carbocycles. The van der Waals surface area contributed by atoms with Gasteiger partial charge in [-0.15, -0.1) is 0 Å². The average molecular weight is 482 g/mol. The zero-order valence-corrected chi connectivity index (χ0v) is 21.8. The first kappa shape index (κ1) is 25.6. The van der Waals surface area contributed by atoms with Crippen molar-refractivity contribution in [2.45, 2.75) is 65.5 Å². The topological polar surface area (TPSA) is 23.4 Å². The molecule has 0 atom stereocenters. The summed E-state index contributed by atoms with van der Waals surface area (Å²) in [5.41, 5.74) is 6.27. The molecule has 0 aliphatic heterocycles. The van der Waals surface area contributed by atoms with E-state index in [0.717, 1.165) is 30.9 Å². The third-order valence-electron chi connectivity index (χ3n) is 6.63. The van der Waals surface area contributed by atoms with E-state index in [-0.39, 0.29) is 0 Å². The maximum atomic E-state index is 6.04. The van der Waals surface area contributed by atoms with E-state index in [9.17, 15) is 0 Å². The molecule has 0 saturated carbocycles. The molecule has 3 nitrogen and oxygen atoms in total. The van der Waals surface area contributed by atoms with Gasteiger partial charge < -0.3 is 14.0 Å². The fourth-order valence-corrected chi connectivity index (χ4v) is 4.50. The van der Waals surface area contributed by atoms with E-state index in [1.165, 1.54) is 53.8 Å². The SMILES string of the molecule is CCCCCCc1ccc(OCCCn2c(C)ccc2-c2ccc(OCc3ccccc3)cc2)cc1. The molecular weight excluding hydrogens is 442 g/mol. The molecule has 3 heteroatoms. The highest BCUT2D eigenvalue weighted by Gasteiger charge is 2.08. The maximum Gasteiger partial charge on any atom is 0.119 e. The Morgan fingerprint density at radius 2 is 1.36 bits per heavy atom. The van der Waals surface area contributed by atoms with Crippen molar-refractivity contribution < 1.29 is 9.47 Å². The summed E-state index contributed by atoms with van der Waals surface area (Å²) in [6, 6.07) is 31.7. The van der Waals surface area contributed by atoms with Crippen LogP contribution in [0.25, 0.3) is 11.3 Å². The number of aryl methyl sites for hydroxylation is 2. The van der Waals surface area contributed by atoms with Crippen molar-refractivity contribution in [3.8, 4) is 22.8 Å². The average Bonchev–Trinajstić information content (AvgIpc) is 3.29. The van der Waals surface area contributed by atoms with Gasteiger partial charge in [0, 0.05) is 17.9 Å². The number of hydrogen-bond donors (Lipinski definition) is 0. The quantitative estimate of drug-likeness (QED) is 0.168. The maximum absolute atomic E-state index is 6.04. The molecule has 0 saturated heterocycles. The highest BCUT2D eigenvalue weighted by atomic mass is 16.5. The Labute approximate surface area is 216 Å². The number of aromatic nitrogens is 1. The molecule has 1 heterocycles. The fraction of sp³-hybridized carbons (Fsp3) is 0.333. The van der Waals surface area contributed by atoms with Crippen molar-refractivity contribution in [3.05, 3.63) is 108 Å².